The van der Waals surface area contributed by atoms with Crippen LogP contribution >= 0.6 is 0 Å². The Labute approximate surface area is 124 Å². The smallest absolute Gasteiger partial charge is 0.253 e. The van der Waals surface area contributed by atoms with E-state index in [0.717, 1.165) is 24.2 Å². The van der Waals surface area contributed by atoms with E-state index < -0.39 is 11.6 Å². The topological polar surface area (TPSA) is 67.2 Å². The predicted octanol–water partition coefficient (Wildman–Crippen LogP) is 1.14. The van der Waals surface area contributed by atoms with Crippen molar-refractivity contribution in [3.63, 3.8) is 0 Å². The number of aromatic nitrogens is 2. The lowest BCUT2D eigenvalue weighted by Gasteiger charge is -2.44. The first-order valence-corrected chi connectivity index (χ1v) is 7.54. The minimum absolute atomic E-state index is 0.00690. The molecule has 1 aromatic heterocycles. The maximum Gasteiger partial charge on any atom is 0.253 e. The highest BCUT2D eigenvalue weighted by atomic mass is 16.2. The number of rotatable bonds is 3. The quantitative estimate of drug-likeness (QED) is 0.907. The lowest BCUT2D eigenvalue weighted by Crippen LogP contribution is -2.70. The van der Waals surface area contributed by atoms with E-state index in [2.05, 4.69) is 10.4 Å². The lowest BCUT2D eigenvalue weighted by molar-refractivity contribution is -0.138. The van der Waals surface area contributed by atoms with Gasteiger partial charge in [0, 0.05) is 13.2 Å². The fraction of sp³-hybridized carbons (Fsp3) is 0.667. The molecule has 2 heterocycles. The number of nitrogens with one attached hydrogen (secondary N) is 1. The van der Waals surface area contributed by atoms with Gasteiger partial charge in [0.15, 0.2) is 0 Å². The molecule has 2 amide bonds. The molecule has 0 bridgehead atoms. The Hall–Kier alpha value is -1.85. The molecule has 3 rings (SSSR count). The minimum Gasteiger partial charge on any atom is -0.340 e. The average Bonchev–Trinajstić information content (AvgIpc) is 3.20. The van der Waals surface area contributed by atoms with E-state index in [0.29, 0.717) is 6.42 Å². The van der Waals surface area contributed by atoms with Gasteiger partial charge in [0.1, 0.15) is 11.6 Å². The average molecular weight is 290 g/mol. The molecule has 1 saturated carbocycles. The van der Waals surface area contributed by atoms with Gasteiger partial charge in [-0.25, -0.2) is 0 Å². The van der Waals surface area contributed by atoms with Crippen molar-refractivity contribution in [2.24, 2.45) is 13.0 Å². The Morgan fingerprint density at radius 3 is 2.57 bits per heavy atom. The van der Waals surface area contributed by atoms with Crippen LogP contribution in [0.4, 0.5) is 5.69 Å². The number of hydrogen-bond donors (Lipinski definition) is 1. The summed E-state index contributed by atoms with van der Waals surface area (Å²) in [5.74, 6) is 0.188. The third kappa shape index (κ3) is 2.04. The molecule has 114 valence electrons. The van der Waals surface area contributed by atoms with Crippen molar-refractivity contribution in [2.45, 2.75) is 51.6 Å². The van der Waals surface area contributed by atoms with Gasteiger partial charge >= 0.3 is 0 Å². The minimum atomic E-state index is -0.773. The Bertz CT molecular complexity index is 605. The third-order valence-electron chi connectivity index (χ3n) is 4.69. The highest BCUT2D eigenvalue weighted by Crippen LogP contribution is 2.43. The molecule has 0 spiro atoms. The van der Waals surface area contributed by atoms with Gasteiger partial charge in [-0.15, -0.1) is 0 Å². The Balaban J connectivity index is 2.06. The van der Waals surface area contributed by atoms with E-state index in [1.165, 1.54) is 0 Å². The molecule has 2 fully saturated rings. The van der Waals surface area contributed by atoms with Crippen LogP contribution in [-0.4, -0.2) is 33.2 Å². The van der Waals surface area contributed by atoms with Crippen LogP contribution in [0, 0.1) is 12.8 Å². The van der Waals surface area contributed by atoms with E-state index in [-0.39, 0.29) is 17.7 Å². The van der Waals surface area contributed by atoms with E-state index in [1.807, 2.05) is 34.0 Å². The molecule has 21 heavy (non-hydrogen) atoms. The van der Waals surface area contributed by atoms with Gasteiger partial charge in [0.2, 0.25) is 5.91 Å². The first-order valence-electron chi connectivity index (χ1n) is 7.54. The maximum atomic E-state index is 13.1. The molecular weight excluding hydrogens is 268 g/mol. The van der Waals surface area contributed by atoms with Gasteiger partial charge in [-0.05, 0) is 39.0 Å². The van der Waals surface area contributed by atoms with Crippen molar-refractivity contribution in [3.05, 3.63) is 11.9 Å². The maximum absolute atomic E-state index is 13.1. The molecule has 2 unspecified atom stereocenters. The normalized spacial score (nSPS) is 29.7. The number of nitrogens with zero attached hydrogens (tertiary/aromatic N) is 3. The van der Waals surface area contributed by atoms with Crippen molar-refractivity contribution in [3.8, 4) is 0 Å². The van der Waals surface area contributed by atoms with Crippen LogP contribution in [0.15, 0.2) is 6.20 Å². The van der Waals surface area contributed by atoms with Gasteiger partial charge < -0.3 is 5.32 Å². The second-order valence-corrected chi connectivity index (χ2v) is 6.34. The van der Waals surface area contributed by atoms with Crippen LogP contribution in [0.3, 0.4) is 0 Å². The van der Waals surface area contributed by atoms with Crippen molar-refractivity contribution >= 4 is 17.5 Å². The first kappa shape index (κ1) is 14.1. The Morgan fingerprint density at radius 2 is 2.10 bits per heavy atom. The van der Waals surface area contributed by atoms with Gasteiger partial charge in [-0.2, -0.15) is 5.10 Å². The largest absolute Gasteiger partial charge is 0.340 e. The van der Waals surface area contributed by atoms with Gasteiger partial charge in [-0.3, -0.25) is 19.2 Å². The fourth-order valence-electron chi connectivity index (χ4n) is 3.31. The van der Waals surface area contributed by atoms with Crippen LogP contribution in [0.5, 0.6) is 0 Å². The molecule has 6 heteroatoms. The summed E-state index contributed by atoms with van der Waals surface area (Å²) in [6.07, 6.45) is 4.41. The first-order chi connectivity index (χ1) is 9.88. The number of anilines is 1. The highest BCUT2D eigenvalue weighted by molar-refractivity contribution is 6.11. The van der Waals surface area contributed by atoms with E-state index in [1.54, 1.807) is 9.58 Å². The summed E-state index contributed by atoms with van der Waals surface area (Å²) in [6.45, 7) is 5.65. The monoisotopic (exact) mass is 290 g/mol. The second-order valence-electron chi connectivity index (χ2n) is 6.34. The molecule has 0 aromatic carbocycles. The molecule has 1 aliphatic carbocycles. The van der Waals surface area contributed by atoms with Crippen LogP contribution < -0.4 is 10.2 Å². The van der Waals surface area contributed by atoms with Crippen molar-refractivity contribution < 1.29 is 9.59 Å². The number of carbonyl (C=O) groups excluding carboxylic acids is 2. The SMILES string of the molecule is CCC1C(=O)NC(C)(C2CC2)C(=O)N1c1cn(C)nc1C. The predicted molar refractivity (Wildman–Crippen MR) is 78.8 cm³/mol. The highest BCUT2D eigenvalue weighted by Gasteiger charge is 2.55. The van der Waals surface area contributed by atoms with Gasteiger partial charge in [0.25, 0.3) is 5.91 Å². The van der Waals surface area contributed by atoms with Crippen LogP contribution in [0.2, 0.25) is 0 Å². The van der Waals surface area contributed by atoms with Gasteiger partial charge in [-0.1, -0.05) is 6.92 Å². The summed E-state index contributed by atoms with van der Waals surface area (Å²) in [5, 5.41) is 7.29. The van der Waals surface area contributed by atoms with E-state index in [9.17, 15) is 9.59 Å². The molecule has 6 nitrogen and oxygen atoms in total. The third-order valence-corrected chi connectivity index (χ3v) is 4.69. The number of carbonyl (C=O) groups is 2. The van der Waals surface area contributed by atoms with Crippen LogP contribution in [0.25, 0.3) is 0 Å². The van der Waals surface area contributed by atoms with E-state index in [4.69, 9.17) is 0 Å². The Morgan fingerprint density at radius 1 is 1.43 bits per heavy atom. The second kappa shape index (κ2) is 4.58. The molecule has 0 radical (unpaired) electrons. The summed E-state index contributed by atoms with van der Waals surface area (Å²) in [6, 6.07) is -0.452. The zero-order chi connectivity index (χ0) is 15.4. The van der Waals surface area contributed by atoms with Crippen LogP contribution in [0.1, 0.15) is 38.8 Å². The zero-order valence-electron chi connectivity index (χ0n) is 13.0. The molecule has 2 aliphatic rings. The molecule has 1 aromatic rings. The molecule has 1 N–H and O–H groups in total. The summed E-state index contributed by atoms with van der Waals surface area (Å²) >= 11 is 0. The molecule has 1 aliphatic heterocycles. The van der Waals surface area contributed by atoms with Gasteiger partial charge in [0.05, 0.1) is 11.4 Å². The summed E-state index contributed by atoms with van der Waals surface area (Å²) in [4.78, 5) is 27.2. The zero-order valence-corrected chi connectivity index (χ0v) is 13.0. The Kier molecular flexibility index (Phi) is 3.07. The molecular formula is C15H22N4O2. The van der Waals surface area contributed by atoms with Crippen LogP contribution in [-0.2, 0) is 16.6 Å². The van der Waals surface area contributed by atoms with Crippen molar-refractivity contribution in [2.75, 3.05) is 4.90 Å². The lowest BCUT2D eigenvalue weighted by atomic mass is 9.88. The summed E-state index contributed by atoms with van der Waals surface area (Å²) < 4.78 is 1.69. The number of amides is 2. The van der Waals surface area contributed by atoms with E-state index >= 15 is 0 Å². The van der Waals surface area contributed by atoms with Crippen molar-refractivity contribution in [1.82, 2.24) is 15.1 Å². The summed E-state index contributed by atoms with van der Waals surface area (Å²) in [5.41, 5.74) is 0.749. The number of piperazine rings is 1. The molecule has 1 saturated heterocycles. The van der Waals surface area contributed by atoms with Crippen molar-refractivity contribution in [1.29, 1.82) is 0 Å². The number of hydrogen-bond acceptors (Lipinski definition) is 3. The standard InChI is InChI=1S/C15H22N4O2/c1-5-11-13(20)16-15(3,10-6-7-10)14(21)19(11)12-8-18(4)17-9(12)2/h8,10-11H,5-7H2,1-4H3,(H,16,20). The fourth-order valence-corrected chi connectivity index (χ4v) is 3.31. The summed E-state index contributed by atoms with van der Waals surface area (Å²) in [7, 11) is 1.83. The number of aryl methyl sites for hydroxylation is 2. The molecule has 2 atom stereocenters.